The Morgan fingerprint density at radius 2 is 2.11 bits per heavy atom. The normalized spacial score (nSPS) is 16.6. The lowest BCUT2D eigenvalue weighted by Crippen LogP contribution is -2.12. The summed E-state index contributed by atoms with van der Waals surface area (Å²) in [5.74, 6) is -0.372. The second kappa shape index (κ2) is 6.98. The highest BCUT2D eigenvalue weighted by molar-refractivity contribution is 5.94. The Morgan fingerprint density at radius 1 is 1.22 bits per heavy atom. The van der Waals surface area contributed by atoms with Gasteiger partial charge in [-0.05, 0) is 60.2 Å². The van der Waals surface area contributed by atoms with Gasteiger partial charge in [0.1, 0.15) is 5.82 Å². The number of aromatic nitrogens is 1. The summed E-state index contributed by atoms with van der Waals surface area (Å²) < 4.78 is 13.5. The fourth-order valence-corrected chi connectivity index (χ4v) is 3.16. The van der Waals surface area contributed by atoms with E-state index in [-0.39, 0.29) is 5.82 Å². The van der Waals surface area contributed by atoms with E-state index in [9.17, 15) is 14.8 Å². The van der Waals surface area contributed by atoms with Crippen molar-refractivity contribution < 1.29 is 9.50 Å². The molecule has 2 heterocycles. The lowest BCUT2D eigenvalue weighted by molar-refractivity contribution is 0.266. The van der Waals surface area contributed by atoms with E-state index >= 15 is 0 Å². The van der Waals surface area contributed by atoms with Gasteiger partial charge in [-0.2, -0.15) is 5.26 Å². The Bertz CT molecular complexity index is 1050. The molecule has 1 aromatic heterocycles. The molecule has 1 atom stereocenters. The predicted molar refractivity (Wildman–Crippen MR) is 103 cm³/mol. The molecule has 5 nitrogen and oxygen atoms in total. The maximum Gasteiger partial charge on any atom is 0.151 e. The molecular formula is C21H17FN4O. The van der Waals surface area contributed by atoms with Gasteiger partial charge >= 0.3 is 0 Å². The molecule has 4 rings (SSSR count). The third-order valence-electron chi connectivity index (χ3n) is 4.52. The average Bonchev–Trinajstić information content (AvgIpc) is 3.29. The van der Waals surface area contributed by atoms with Gasteiger partial charge < -0.3 is 20.7 Å². The summed E-state index contributed by atoms with van der Waals surface area (Å²) in [6, 6.07) is 15.7. The Labute approximate surface area is 155 Å². The third kappa shape index (κ3) is 3.41. The highest BCUT2D eigenvalue weighted by atomic mass is 19.1. The molecule has 0 amide bonds. The van der Waals surface area contributed by atoms with Gasteiger partial charge in [-0.1, -0.05) is 0 Å². The van der Waals surface area contributed by atoms with Gasteiger partial charge in [-0.3, -0.25) is 0 Å². The second-order valence-corrected chi connectivity index (χ2v) is 6.30. The zero-order valence-corrected chi connectivity index (χ0v) is 14.3. The van der Waals surface area contributed by atoms with E-state index in [1.54, 1.807) is 0 Å². The summed E-state index contributed by atoms with van der Waals surface area (Å²) in [4.78, 5) is 3.10. The van der Waals surface area contributed by atoms with Crippen LogP contribution in [0.25, 0.3) is 11.6 Å². The smallest absolute Gasteiger partial charge is 0.151 e. The number of benzene rings is 2. The Kier molecular flexibility index (Phi) is 4.37. The quantitative estimate of drug-likeness (QED) is 0.568. The minimum absolute atomic E-state index is 0.325. The number of hydrogen-bond acceptors (Lipinski definition) is 4. The van der Waals surface area contributed by atoms with Gasteiger partial charge in [0.25, 0.3) is 0 Å². The van der Waals surface area contributed by atoms with Gasteiger partial charge in [-0.25, -0.2) is 4.39 Å². The van der Waals surface area contributed by atoms with Crippen LogP contribution in [0.3, 0.4) is 0 Å². The molecule has 0 saturated carbocycles. The van der Waals surface area contributed by atoms with Gasteiger partial charge in [0, 0.05) is 40.9 Å². The standard InChI is InChI=1S/C21H17FN4O/c22-15-4-3-13(11-23)14(8-15)12-25-17-5-6-20-18(9-17)19(21(27)26-20)10-16-2-1-7-24-16/h1-10,21,24-27H,12H2/b19-10-. The largest absolute Gasteiger partial charge is 0.381 e. The minimum atomic E-state index is -0.785. The molecule has 6 heteroatoms. The summed E-state index contributed by atoms with van der Waals surface area (Å²) in [6.45, 7) is 0.325. The van der Waals surface area contributed by atoms with E-state index in [1.807, 2.05) is 42.6 Å². The van der Waals surface area contributed by atoms with Crippen LogP contribution >= 0.6 is 0 Å². The van der Waals surface area contributed by atoms with Crippen molar-refractivity contribution in [3.63, 3.8) is 0 Å². The van der Waals surface area contributed by atoms with Crippen LogP contribution in [0.5, 0.6) is 0 Å². The van der Waals surface area contributed by atoms with E-state index in [2.05, 4.69) is 21.7 Å². The molecule has 0 bridgehead atoms. The minimum Gasteiger partial charge on any atom is -0.381 e. The molecule has 134 valence electrons. The predicted octanol–water partition coefficient (Wildman–Crippen LogP) is 3.92. The zero-order chi connectivity index (χ0) is 18.8. The van der Waals surface area contributed by atoms with Crippen molar-refractivity contribution in [1.82, 2.24) is 4.98 Å². The number of aromatic amines is 1. The van der Waals surface area contributed by atoms with Crippen molar-refractivity contribution in [3.8, 4) is 6.07 Å². The first-order valence-corrected chi connectivity index (χ1v) is 8.50. The van der Waals surface area contributed by atoms with Crippen molar-refractivity contribution in [1.29, 1.82) is 5.26 Å². The monoisotopic (exact) mass is 360 g/mol. The fraction of sp³-hybridized carbons (Fsp3) is 0.0952. The van der Waals surface area contributed by atoms with Crippen LogP contribution in [0.1, 0.15) is 22.4 Å². The number of anilines is 2. The molecule has 1 unspecified atom stereocenters. The van der Waals surface area contributed by atoms with Crippen LogP contribution in [0, 0.1) is 17.1 Å². The summed E-state index contributed by atoms with van der Waals surface area (Å²) in [5, 5.41) is 25.8. The zero-order valence-electron chi connectivity index (χ0n) is 14.3. The van der Waals surface area contributed by atoms with E-state index in [1.165, 1.54) is 18.2 Å². The second-order valence-electron chi connectivity index (χ2n) is 6.30. The molecular weight excluding hydrogens is 343 g/mol. The van der Waals surface area contributed by atoms with Crippen molar-refractivity contribution in [2.75, 3.05) is 10.6 Å². The number of hydrogen-bond donors (Lipinski definition) is 4. The van der Waals surface area contributed by atoms with Crippen molar-refractivity contribution in [2.24, 2.45) is 0 Å². The molecule has 2 aromatic carbocycles. The molecule has 3 aromatic rings. The van der Waals surface area contributed by atoms with Crippen molar-refractivity contribution in [3.05, 3.63) is 82.9 Å². The first kappa shape index (κ1) is 16.9. The molecule has 0 fully saturated rings. The molecule has 0 radical (unpaired) electrons. The highest BCUT2D eigenvalue weighted by Crippen LogP contribution is 2.37. The first-order chi connectivity index (χ1) is 13.1. The lowest BCUT2D eigenvalue weighted by Gasteiger charge is -2.10. The van der Waals surface area contributed by atoms with E-state index in [4.69, 9.17) is 0 Å². The van der Waals surface area contributed by atoms with Crippen LogP contribution in [0.2, 0.25) is 0 Å². The van der Waals surface area contributed by atoms with E-state index in [0.29, 0.717) is 17.7 Å². The number of aliphatic hydroxyl groups excluding tert-OH is 1. The van der Waals surface area contributed by atoms with Crippen LogP contribution in [-0.2, 0) is 6.54 Å². The number of nitriles is 1. The molecule has 1 aliphatic rings. The Morgan fingerprint density at radius 3 is 2.89 bits per heavy atom. The number of aliphatic hydroxyl groups is 1. The molecule has 4 N–H and O–H groups in total. The number of nitrogens with one attached hydrogen (secondary N) is 3. The van der Waals surface area contributed by atoms with Gasteiger partial charge in [0.2, 0.25) is 0 Å². The third-order valence-corrected chi connectivity index (χ3v) is 4.52. The summed E-state index contributed by atoms with van der Waals surface area (Å²) >= 11 is 0. The van der Waals surface area contributed by atoms with Crippen LogP contribution < -0.4 is 10.6 Å². The maximum atomic E-state index is 13.5. The summed E-state index contributed by atoms with van der Waals surface area (Å²) in [7, 11) is 0. The summed E-state index contributed by atoms with van der Waals surface area (Å²) in [5.41, 5.74) is 5.24. The lowest BCUT2D eigenvalue weighted by atomic mass is 10.0. The number of fused-ring (bicyclic) bond motifs is 1. The molecule has 0 aliphatic carbocycles. The van der Waals surface area contributed by atoms with Crippen LogP contribution in [0.4, 0.5) is 15.8 Å². The number of nitrogens with zero attached hydrogens (tertiary/aromatic N) is 1. The first-order valence-electron chi connectivity index (χ1n) is 8.50. The van der Waals surface area contributed by atoms with E-state index in [0.717, 1.165) is 28.2 Å². The number of halogens is 1. The van der Waals surface area contributed by atoms with E-state index < -0.39 is 6.23 Å². The summed E-state index contributed by atoms with van der Waals surface area (Å²) in [6.07, 6.45) is 2.94. The van der Waals surface area contributed by atoms with Gasteiger partial charge in [-0.15, -0.1) is 0 Å². The van der Waals surface area contributed by atoms with Crippen LogP contribution in [-0.4, -0.2) is 16.3 Å². The topological polar surface area (TPSA) is 83.9 Å². The SMILES string of the molecule is N#Cc1ccc(F)cc1CNc1ccc2c(c1)/C(=C/c1ccc[nH]1)C(O)N2. The molecule has 27 heavy (non-hydrogen) atoms. The number of H-pyrrole nitrogens is 1. The molecule has 0 spiro atoms. The van der Waals surface area contributed by atoms with Crippen molar-refractivity contribution >= 4 is 23.0 Å². The number of rotatable bonds is 4. The van der Waals surface area contributed by atoms with Gasteiger partial charge in [0.05, 0.1) is 11.6 Å². The molecule has 0 saturated heterocycles. The van der Waals surface area contributed by atoms with Crippen LogP contribution in [0.15, 0.2) is 54.7 Å². The Hall–Kier alpha value is -3.56. The molecule has 1 aliphatic heterocycles. The Balaban J connectivity index is 1.60. The maximum absolute atomic E-state index is 13.5. The fourth-order valence-electron chi connectivity index (χ4n) is 3.16. The highest BCUT2D eigenvalue weighted by Gasteiger charge is 2.24. The average molecular weight is 360 g/mol. The van der Waals surface area contributed by atoms with Crippen molar-refractivity contribution in [2.45, 2.75) is 12.8 Å². The van der Waals surface area contributed by atoms with Gasteiger partial charge in [0.15, 0.2) is 6.23 Å².